The summed E-state index contributed by atoms with van der Waals surface area (Å²) in [6, 6.07) is 8.75. The van der Waals surface area contributed by atoms with Gasteiger partial charge in [-0.1, -0.05) is 19.1 Å². The third-order valence-electron chi connectivity index (χ3n) is 3.00. The summed E-state index contributed by atoms with van der Waals surface area (Å²) in [7, 11) is 0. The number of hydrogen-bond acceptors (Lipinski definition) is 2. The van der Waals surface area contributed by atoms with Crippen molar-refractivity contribution in [2.75, 3.05) is 6.54 Å². The minimum absolute atomic E-state index is 0.163. The molecule has 0 spiro atoms. The summed E-state index contributed by atoms with van der Waals surface area (Å²) in [6.07, 6.45) is 1.87. The first kappa shape index (κ1) is 15.0. The van der Waals surface area contributed by atoms with Crippen molar-refractivity contribution in [3.63, 3.8) is 0 Å². The van der Waals surface area contributed by atoms with Crippen LogP contribution in [0, 0.1) is 3.57 Å². The van der Waals surface area contributed by atoms with Crippen molar-refractivity contribution in [1.29, 1.82) is 0 Å². The first-order valence-corrected chi connectivity index (χ1v) is 8.24. The van der Waals surface area contributed by atoms with Crippen LogP contribution < -0.4 is 5.32 Å². The molecule has 1 atom stereocenters. The Hall–Kier alpha value is -0.400. The van der Waals surface area contributed by atoms with Crippen molar-refractivity contribution in [3.05, 3.63) is 49.8 Å². The van der Waals surface area contributed by atoms with E-state index in [1.165, 1.54) is 14.8 Å². The lowest BCUT2D eigenvalue weighted by Crippen LogP contribution is -2.25. The summed E-state index contributed by atoms with van der Waals surface area (Å²) in [4.78, 5) is 0. The molecule has 0 aliphatic rings. The Morgan fingerprint density at radius 2 is 2.21 bits per heavy atom. The van der Waals surface area contributed by atoms with Crippen LogP contribution in [0.3, 0.4) is 0 Å². The van der Waals surface area contributed by atoms with E-state index >= 15 is 0 Å². The standard InChI is InChI=1S/C14H17BrIN3/c1-3-17-13(10-6-5-7-11(16)8-10)14-12(15)9-18-19(14)4-2/h5-9,13,17H,3-4H2,1-2H3. The lowest BCUT2D eigenvalue weighted by molar-refractivity contribution is 0.540. The number of nitrogens with one attached hydrogen (secondary N) is 1. The van der Waals surface area contributed by atoms with Gasteiger partial charge in [0.15, 0.2) is 0 Å². The van der Waals surface area contributed by atoms with Crippen LogP contribution in [0.4, 0.5) is 0 Å². The Kier molecular flexibility index (Phi) is 5.41. The van der Waals surface area contributed by atoms with Crippen LogP contribution in [0.25, 0.3) is 0 Å². The van der Waals surface area contributed by atoms with Gasteiger partial charge in [0.25, 0.3) is 0 Å². The highest BCUT2D eigenvalue weighted by molar-refractivity contribution is 14.1. The highest BCUT2D eigenvalue weighted by Crippen LogP contribution is 2.29. The van der Waals surface area contributed by atoms with Gasteiger partial charge in [-0.25, -0.2) is 0 Å². The number of benzene rings is 1. The summed E-state index contributed by atoms with van der Waals surface area (Å²) in [5.41, 5.74) is 2.45. The molecule has 0 radical (unpaired) electrons. The van der Waals surface area contributed by atoms with E-state index in [9.17, 15) is 0 Å². The molecule has 1 unspecified atom stereocenters. The number of aromatic nitrogens is 2. The molecule has 1 N–H and O–H groups in total. The molecule has 0 aliphatic heterocycles. The number of halogens is 2. The van der Waals surface area contributed by atoms with Gasteiger partial charge in [-0.2, -0.15) is 5.10 Å². The predicted molar refractivity (Wildman–Crippen MR) is 90.3 cm³/mol. The average Bonchev–Trinajstić information content (AvgIpc) is 2.77. The zero-order valence-electron chi connectivity index (χ0n) is 11.0. The summed E-state index contributed by atoms with van der Waals surface area (Å²) in [5, 5.41) is 7.96. The molecule has 102 valence electrons. The third kappa shape index (κ3) is 3.38. The van der Waals surface area contributed by atoms with E-state index in [-0.39, 0.29) is 6.04 Å². The van der Waals surface area contributed by atoms with Crippen molar-refractivity contribution in [2.24, 2.45) is 0 Å². The Morgan fingerprint density at radius 3 is 2.84 bits per heavy atom. The maximum atomic E-state index is 4.41. The Labute approximate surface area is 136 Å². The molecule has 3 nitrogen and oxygen atoms in total. The zero-order chi connectivity index (χ0) is 13.8. The molecular weight excluding hydrogens is 417 g/mol. The van der Waals surface area contributed by atoms with Crippen molar-refractivity contribution in [2.45, 2.75) is 26.4 Å². The van der Waals surface area contributed by atoms with Gasteiger partial charge in [-0.05, 0) is 69.7 Å². The van der Waals surface area contributed by atoms with Gasteiger partial charge in [0.2, 0.25) is 0 Å². The third-order valence-corrected chi connectivity index (χ3v) is 4.28. The zero-order valence-corrected chi connectivity index (χ0v) is 14.8. The minimum Gasteiger partial charge on any atom is -0.305 e. The van der Waals surface area contributed by atoms with Crippen LogP contribution in [0.2, 0.25) is 0 Å². The van der Waals surface area contributed by atoms with E-state index < -0.39 is 0 Å². The molecule has 19 heavy (non-hydrogen) atoms. The SMILES string of the molecule is CCNC(c1cccc(I)c1)c1c(Br)cnn1CC. The monoisotopic (exact) mass is 433 g/mol. The lowest BCUT2D eigenvalue weighted by Gasteiger charge is -2.20. The molecule has 0 aliphatic carbocycles. The molecule has 2 rings (SSSR count). The maximum Gasteiger partial charge on any atom is 0.0760 e. The molecule has 0 amide bonds. The highest BCUT2D eigenvalue weighted by Gasteiger charge is 2.20. The van der Waals surface area contributed by atoms with E-state index in [1.807, 2.05) is 10.9 Å². The summed E-state index contributed by atoms with van der Waals surface area (Å²) in [6.45, 7) is 6.02. The fraction of sp³-hybridized carbons (Fsp3) is 0.357. The lowest BCUT2D eigenvalue weighted by atomic mass is 10.0. The van der Waals surface area contributed by atoms with Crippen LogP contribution in [0.15, 0.2) is 34.9 Å². The molecule has 0 fully saturated rings. The molecule has 0 saturated carbocycles. The van der Waals surface area contributed by atoms with Crippen LogP contribution >= 0.6 is 38.5 Å². The average molecular weight is 434 g/mol. The van der Waals surface area contributed by atoms with E-state index in [4.69, 9.17) is 0 Å². The Morgan fingerprint density at radius 1 is 1.42 bits per heavy atom. The van der Waals surface area contributed by atoms with Gasteiger partial charge < -0.3 is 5.32 Å². The second-order valence-corrected chi connectivity index (χ2v) is 6.34. The fourth-order valence-electron chi connectivity index (χ4n) is 2.17. The second-order valence-electron chi connectivity index (χ2n) is 4.24. The number of hydrogen-bond donors (Lipinski definition) is 1. The molecule has 1 aromatic heterocycles. The normalized spacial score (nSPS) is 12.6. The van der Waals surface area contributed by atoms with Crippen LogP contribution in [-0.2, 0) is 6.54 Å². The van der Waals surface area contributed by atoms with Gasteiger partial charge in [0.1, 0.15) is 0 Å². The minimum atomic E-state index is 0.163. The van der Waals surface area contributed by atoms with Gasteiger partial charge in [0.05, 0.1) is 22.4 Å². The largest absolute Gasteiger partial charge is 0.305 e. The van der Waals surface area contributed by atoms with Gasteiger partial charge in [0, 0.05) is 10.1 Å². The fourth-order valence-corrected chi connectivity index (χ4v) is 3.27. The first-order valence-electron chi connectivity index (χ1n) is 6.37. The van der Waals surface area contributed by atoms with Crippen molar-refractivity contribution < 1.29 is 0 Å². The molecule has 1 aromatic carbocycles. The van der Waals surface area contributed by atoms with E-state index in [2.05, 4.69) is 87.0 Å². The summed E-state index contributed by atoms with van der Waals surface area (Å²) < 4.78 is 4.34. The highest BCUT2D eigenvalue weighted by atomic mass is 127. The number of rotatable bonds is 5. The van der Waals surface area contributed by atoms with Crippen LogP contribution in [-0.4, -0.2) is 16.3 Å². The van der Waals surface area contributed by atoms with E-state index in [0.717, 1.165) is 17.6 Å². The number of aryl methyl sites for hydroxylation is 1. The molecule has 1 heterocycles. The maximum absolute atomic E-state index is 4.41. The van der Waals surface area contributed by atoms with E-state index in [1.54, 1.807) is 0 Å². The summed E-state index contributed by atoms with van der Waals surface area (Å²) in [5.74, 6) is 0. The van der Waals surface area contributed by atoms with E-state index in [0.29, 0.717) is 0 Å². The number of nitrogens with zero attached hydrogens (tertiary/aromatic N) is 2. The van der Waals surface area contributed by atoms with Crippen molar-refractivity contribution >= 4 is 38.5 Å². The first-order chi connectivity index (χ1) is 9.17. The predicted octanol–water partition coefficient (Wildman–Crippen LogP) is 3.97. The molecule has 0 bridgehead atoms. The molecule has 0 saturated heterocycles. The van der Waals surface area contributed by atoms with Crippen LogP contribution in [0.5, 0.6) is 0 Å². The summed E-state index contributed by atoms with van der Waals surface area (Å²) >= 11 is 5.97. The molecular formula is C14H17BrIN3. The van der Waals surface area contributed by atoms with Crippen LogP contribution in [0.1, 0.15) is 31.1 Å². The van der Waals surface area contributed by atoms with Crippen molar-refractivity contribution in [1.82, 2.24) is 15.1 Å². The van der Waals surface area contributed by atoms with Gasteiger partial charge in [-0.15, -0.1) is 0 Å². The smallest absolute Gasteiger partial charge is 0.0760 e. The molecule has 5 heteroatoms. The molecule has 2 aromatic rings. The second kappa shape index (κ2) is 6.85. The van der Waals surface area contributed by atoms with Gasteiger partial charge in [-0.3, -0.25) is 4.68 Å². The van der Waals surface area contributed by atoms with Crippen molar-refractivity contribution in [3.8, 4) is 0 Å². The topological polar surface area (TPSA) is 29.9 Å². The Balaban J connectivity index is 2.48. The van der Waals surface area contributed by atoms with Gasteiger partial charge >= 0.3 is 0 Å². The quantitative estimate of drug-likeness (QED) is 0.723. The Bertz CT molecular complexity index is 553.